The Morgan fingerprint density at radius 1 is 1.00 bits per heavy atom. The zero-order valence-electron chi connectivity index (χ0n) is 11.2. The highest BCUT2D eigenvalue weighted by molar-refractivity contribution is 4.95. The van der Waals surface area contributed by atoms with Crippen LogP contribution in [0.3, 0.4) is 0 Å². The van der Waals surface area contributed by atoms with Crippen LogP contribution in [0, 0.1) is 0 Å². The first kappa shape index (κ1) is 14.7. The fourth-order valence-electron chi connectivity index (χ4n) is 1.58. The Morgan fingerprint density at radius 3 is 1.93 bits per heavy atom. The fraction of sp³-hybridized carbons (Fsp3) is 0.857. The van der Waals surface area contributed by atoms with Gasteiger partial charge in [0.05, 0.1) is 0 Å². The SMILES string of the molecule is CC=C(C)CCN(CCCC)CCCC. The highest BCUT2D eigenvalue weighted by Crippen LogP contribution is 2.05. The molecule has 0 aliphatic heterocycles. The molecule has 0 heterocycles. The highest BCUT2D eigenvalue weighted by Gasteiger charge is 2.03. The van der Waals surface area contributed by atoms with E-state index in [0.29, 0.717) is 0 Å². The third kappa shape index (κ3) is 8.68. The van der Waals surface area contributed by atoms with Crippen LogP contribution < -0.4 is 0 Å². The van der Waals surface area contributed by atoms with Crippen LogP contribution in [0.2, 0.25) is 0 Å². The molecule has 0 aliphatic carbocycles. The minimum Gasteiger partial charge on any atom is -0.303 e. The van der Waals surface area contributed by atoms with E-state index in [1.54, 1.807) is 0 Å². The van der Waals surface area contributed by atoms with Crippen molar-refractivity contribution in [1.82, 2.24) is 4.90 Å². The Bertz CT molecular complexity index is 153. The monoisotopic (exact) mass is 211 g/mol. The molecule has 0 fully saturated rings. The molecule has 0 saturated carbocycles. The molecule has 0 atom stereocenters. The number of rotatable bonds is 9. The maximum absolute atomic E-state index is 2.62. The van der Waals surface area contributed by atoms with Crippen molar-refractivity contribution in [3.8, 4) is 0 Å². The van der Waals surface area contributed by atoms with Crippen molar-refractivity contribution in [2.75, 3.05) is 19.6 Å². The number of hydrogen-bond acceptors (Lipinski definition) is 1. The summed E-state index contributed by atoms with van der Waals surface area (Å²) in [7, 11) is 0. The normalized spacial score (nSPS) is 12.5. The van der Waals surface area contributed by atoms with Gasteiger partial charge in [0.2, 0.25) is 0 Å². The molecule has 0 radical (unpaired) electrons. The molecule has 0 aliphatic rings. The van der Waals surface area contributed by atoms with Crippen LogP contribution in [0.1, 0.15) is 59.8 Å². The Labute approximate surface area is 96.6 Å². The lowest BCUT2D eigenvalue weighted by molar-refractivity contribution is 0.268. The third-order valence-electron chi connectivity index (χ3n) is 2.97. The van der Waals surface area contributed by atoms with Crippen molar-refractivity contribution in [2.45, 2.75) is 59.8 Å². The molecule has 0 aromatic rings. The van der Waals surface area contributed by atoms with Gasteiger partial charge in [0.25, 0.3) is 0 Å². The van der Waals surface area contributed by atoms with Crippen molar-refractivity contribution in [2.24, 2.45) is 0 Å². The van der Waals surface area contributed by atoms with E-state index < -0.39 is 0 Å². The molecular formula is C14H29N. The van der Waals surface area contributed by atoms with Crippen molar-refractivity contribution in [1.29, 1.82) is 0 Å². The smallest absolute Gasteiger partial charge is 0.00185 e. The number of hydrogen-bond donors (Lipinski definition) is 0. The number of nitrogens with zero attached hydrogens (tertiary/aromatic N) is 1. The van der Waals surface area contributed by atoms with Crippen molar-refractivity contribution in [3.63, 3.8) is 0 Å². The zero-order valence-corrected chi connectivity index (χ0v) is 11.2. The van der Waals surface area contributed by atoms with Gasteiger partial charge in [0, 0.05) is 6.54 Å². The van der Waals surface area contributed by atoms with E-state index in [4.69, 9.17) is 0 Å². The molecule has 0 saturated heterocycles. The fourth-order valence-corrected chi connectivity index (χ4v) is 1.58. The van der Waals surface area contributed by atoms with Gasteiger partial charge in [0.15, 0.2) is 0 Å². The van der Waals surface area contributed by atoms with E-state index >= 15 is 0 Å². The van der Waals surface area contributed by atoms with Crippen molar-refractivity contribution < 1.29 is 0 Å². The van der Waals surface area contributed by atoms with Crippen molar-refractivity contribution in [3.05, 3.63) is 11.6 Å². The molecule has 1 nitrogen and oxygen atoms in total. The second-order valence-electron chi connectivity index (χ2n) is 4.43. The van der Waals surface area contributed by atoms with E-state index in [2.05, 4.69) is 38.7 Å². The second-order valence-corrected chi connectivity index (χ2v) is 4.43. The van der Waals surface area contributed by atoms with Gasteiger partial charge in [-0.1, -0.05) is 38.3 Å². The minimum absolute atomic E-state index is 1.24. The summed E-state index contributed by atoms with van der Waals surface area (Å²) >= 11 is 0. The Hall–Kier alpha value is -0.300. The van der Waals surface area contributed by atoms with Gasteiger partial charge in [0.1, 0.15) is 0 Å². The zero-order chi connectivity index (χ0) is 11.5. The largest absolute Gasteiger partial charge is 0.303 e. The topological polar surface area (TPSA) is 3.24 Å². The maximum Gasteiger partial charge on any atom is 0.00185 e. The molecule has 0 rings (SSSR count). The first-order valence-electron chi connectivity index (χ1n) is 6.58. The number of unbranched alkanes of at least 4 members (excludes halogenated alkanes) is 2. The molecule has 0 N–H and O–H groups in total. The standard InChI is InChI=1S/C14H29N/c1-5-8-11-15(12-9-6-2)13-10-14(4)7-3/h7H,5-6,8-13H2,1-4H3. The molecule has 0 aromatic heterocycles. The van der Waals surface area contributed by atoms with Gasteiger partial charge in [-0.2, -0.15) is 0 Å². The molecule has 0 spiro atoms. The van der Waals surface area contributed by atoms with E-state index in [0.717, 1.165) is 0 Å². The van der Waals surface area contributed by atoms with Crippen LogP contribution >= 0.6 is 0 Å². The third-order valence-corrected chi connectivity index (χ3v) is 2.97. The molecule has 0 bridgehead atoms. The summed E-state index contributed by atoms with van der Waals surface area (Å²) < 4.78 is 0. The van der Waals surface area contributed by atoms with Crippen LogP contribution in [0.25, 0.3) is 0 Å². The Kier molecular flexibility index (Phi) is 10.0. The Balaban J connectivity index is 3.78. The molecule has 0 amide bonds. The van der Waals surface area contributed by atoms with E-state index in [9.17, 15) is 0 Å². The lowest BCUT2D eigenvalue weighted by atomic mass is 10.2. The highest BCUT2D eigenvalue weighted by atomic mass is 15.1. The summed E-state index contributed by atoms with van der Waals surface area (Å²) in [5.41, 5.74) is 1.52. The summed E-state index contributed by atoms with van der Waals surface area (Å²) in [5.74, 6) is 0. The van der Waals surface area contributed by atoms with Crippen LogP contribution in [0.15, 0.2) is 11.6 Å². The lowest BCUT2D eigenvalue weighted by Crippen LogP contribution is -2.27. The lowest BCUT2D eigenvalue weighted by Gasteiger charge is -2.21. The van der Waals surface area contributed by atoms with Gasteiger partial charge >= 0.3 is 0 Å². The average molecular weight is 211 g/mol. The van der Waals surface area contributed by atoms with Gasteiger partial charge in [-0.25, -0.2) is 0 Å². The van der Waals surface area contributed by atoms with E-state index in [-0.39, 0.29) is 0 Å². The van der Waals surface area contributed by atoms with E-state index in [1.807, 2.05) is 0 Å². The summed E-state index contributed by atoms with van der Waals surface area (Å²) in [6.07, 6.45) is 8.79. The summed E-state index contributed by atoms with van der Waals surface area (Å²) in [4.78, 5) is 2.62. The first-order valence-corrected chi connectivity index (χ1v) is 6.58. The van der Waals surface area contributed by atoms with Gasteiger partial charge < -0.3 is 4.90 Å². The van der Waals surface area contributed by atoms with E-state index in [1.165, 1.54) is 57.3 Å². The van der Waals surface area contributed by atoms with Gasteiger partial charge in [-0.15, -0.1) is 0 Å². The van der Waals surface area contributed by atoms with Crippen molar-refractivity contribution >= 4 is 0 Å². The molecule has 0 aromatic carbocycles. The summed E-state index contributed by atoms with van der Waals surface area (Å²) in [5, 5.41) is 0. The van der Waals surface area contributed by atoms with Crippen LogP contribution in [-0.2, 0) is 0 Å². The molecule has 0 unspecified atom stereocenters. The summed E-state index contributed by atoms with van der Waals surface area (Å²) in [6, 6.07) is 0. The van der Waals surface area contributed by atoms with Gasteiger partial charge in [-0.3, -0.25) is 0 Å². The minimum atomic E-state index is 1.24. The Morgan fingerprint density at radius 2 is 1.53 bits per heavy atom. The molecule has 15 heavy (non-hydrogen) atoms. The number of allylic oxidation sites excluding steroid dienone is 1. The second kappa shape index (κ2) is 10.2. The molecule has 1 heteroatoms. The quantitative estimate of drug-likeness (QED) is 0.515. The van der Waals surface area contributed by atoms with Crippen LogP contribution in [0.4, 0.5) is 0 Å². The first-order chi connectivity index (χ1) is 7.24. The van der Waals surface area contributed by atoms with Crippen LogP contribution in [-0.4, -0.2) is 24.5 Å². The maximum atomic E-state index is 2.62. The molecule has 90 valence electrons. The molecular weight excluding hydrogens is 182 g/mol. The van der Waals surface area contributed by atoms with Crippen LogP contribution in [0.5, 0.6) is 0 Å². The van der Waals surface area contributed by atoms with Gasteiger partial charge in [-0.05, 0) is 46.2 Å². The summed E-state index contributed by atoms with van der Waals surface area (Å²) in [6.45, 7) is 12.7. The average Bonchev–Trinajstić information content (AvgIpc) is 2.27. The predicted octanol–water partition coefficient (Wildman–Crippen LogP) is 4.24. The predicted molar refractivity (Wildman–Crippen MR) is 70.3 cm³/mol.